The fourth-order valence-corrected chi connectivity index (χ4v) is 1.84. The number of carbonyl (C=O) groups is 2. The maximum atomic E-state index is 12.1. The Morgan fingerprint density at radius 2 is 2.00 bits per heavy atom. The van der Waals surface area contributed by atoms with Crippen LogP contribution in [0.3, 0.4) is 0 Å². The lowest BCUT2D eigenvalue weighted by molar-refractivity contribution is 0.0675. The van der Waals surface area contributed by atoms with Crippen LogP contribution in [0.25, 0.3) is 0 Å². The summed E-state index contributed by atoms with van der Waals surface area (Å²) in [7, 11) is 1.63. The van der Waals surface area contributed by atoms with E-state index in [1.807, 2.05) is 30.3 Å². The number of carboxylic acid groups (broad SMARTS) is 1. The van der Waals surface area contributed by atoms with Crippen molar-refractivity contribution in [3.63, 3.8) is 0 Å². The topological polar surface area (TPSA) is 86.3 Å². The van der Waals surface area contributed by atoms with E-state index in [0.29, 0.717) is 13.0 Å². The number of likely N-dealkylation sites (N-methyl/N-ethyl adjacent to an activating group) is 1. The lowest BCUT2D eigenvalue weighted by atomic mass is 10.1. The third-order valence-corrected chi connectivity index (χ3v) is 2.98. The first kappa shape index (κ1) is 13.8. The summed E-state index contributed by atoms with van der Waals surface area (Å²) in [6.07, 6.45) is 1.91. The maximum Gasteiger partial charge on any atom is 0.354 e. The van der Waals surface area contributed by atoms with E-state index in [2.05, 4.69) is 9.97 Å². The van der Waals surface area contributed by atoms with E-state index < -0.39 is 11.9 Å². The van der Waals surface area contributed by atoms with Crippen molar-refractivity contribution in [2.75, 3.05) is 13.6 Å². The van der Waals surface area contributed by atoms with E-state index in [-0.39, 0.29) is 11.4 Å². The van der Waals surface area contributed by atoms with Crippen LogP contribution in [0, 0.1) is 0 Å². The largest absolute Gasteiger partial charge is 0.477 e. The smallest absolute Gasteiger partial charge is 0.354 e. The first-order chi connectivity index (χ1) is 9.59. The molecule has 2 N–H and O–H groups in total. The molecule has 0 fully saturated rings. The van der Waals surface area contributed by atoms with Crippen molar-refractivity contribution in [2.45, 2.75) is 6.42 Å². The van der Waals surface area contributed by atoms with E-state index in [1.165, 1.54) is 11.2 Å². The summed E-state index contributed by atoms with van der Waals surface area (Å²) >= 11 is 0. The molecule has 0 bridgehead atoms. The third-order valence-electron chi connectivity index (χ3n) is 2.98. The van der Waals surface area contributed by atoms with Crippen LogP contribution in [0.1, 0.15) is 26.5 Å². The second-order valence-electron chi connectivity index (χ2n) is 4.39. The predicted molar refractivity (Wildman–Crippen MR) is 72.7 cm³/mol. The van der Waals surface area contributed by atoms with E-state index in [0.717, 1.165) is 5.56 Å². The molecule has 0 unspecified atom stereocenters. The average molecular weight is 273 g/mol. The van der Waals surface area contributed by atoms with E-state index in [1.54, 1.807) is 7.05 Å². The monoisotopic (exact) mass is 273 g/mol. The van der Waals surface area contributed by atoms with Crippen LogP contribution >= 0.6 is 0 Å². The van der Waals surface area contributed by atoms with Gasteiger partial charge in [0.15, 0.2) is 11.4 Å². The summed E-state index contributed by atoms with van der Waals surface area (Å²) in [4.78, 5) is 30.8. The zero-order valence-electron chi connectivity index (χ0n) is 11.0. The molecule has 104 valence electrons. The molecule has 0 atom stereocenters. The summed E-state index contributed by atoms with van der Waals surface area (Å²) in [5, 5.41) is 8.95. The quantitative estimate of drug-likeness (QED) is 0.862. The number of nitrogens with zero attached hydrogens (tertiary/aromatic N) is 2. The molecule has 1 amide bonds. The fraction of sp³-hybridized carbons (Fsp3) is 0.214. The molecule has 0 saturated heterocycles. The molecule has 0 radical (unpaired) electrons. The summed E-state index contributed by atoms with van der Waals surface area (Å²) < 4.78 is 0. The number of hydrogen-bond acceptors (Lipinski definition) is 3. The Morgan fingerprint density at radius 3 is 2.65 bits per heavy atom. The first-order valence-electron chi connectivity index (χ1n) is 6.15. The lowest BCUT2D eigenvalue weighted by Crippen LogP contribution is -2.30. The minimum atomic E-state index is -1.19. The van der Waals surface area contributed by atoms with Gasteiger partial charge < -0.3 is 15.0 Å². The van der Waals surface area contributed by atoms with Crippen LogP contribution in [-0.2, 0) is 6.42 Å². The van der Waals surface area contributed by atoms with Gasteiger partial charge in [0.05, 0.1) is 6.33 Å². The van der Waals surface area contributed by atoms with Gasteiger partial charge in [-0.3, -0.25) is 4.79 Å². The van der Waals surface area contributed by atoms with Gasteiger partial charge in [-0.05, 0) is 12.0 Å². The lowest BCUT2D eigenvalue weighted by Gasteiger charge is -2.16. The van der Waals surface area contributed by atoms with Gasteiger partial charge in [0, 0.05) is 13.6 Å². The highest BCUT2D eigenvalue weighted by Crippen LogP contribution is 2.07. The molecule has 2 rings (SSSR count). The van der Waals surface area contributed by atoms with Crippen molar-refractivity contribution in [3.05, 3.63) is 53.6 Å². The molecule has 0 saturated carbocycles. The van der Waals surface area contributed by atoms with Crippen molar-refractivity contribution in [1.29, 1.82) is 0 Å². The summed E-state index contributed by atoms with van der Waals surface area (Å²) in [5.41, 5.74) is 0.877. The molecule has 0 aliphatic carbocycles. The molecule has 20 heavy (non-hydrogen) atoms. The number of aromatic amines is 1. The Bertz CT molecular complexity index is 607. The SMILES string of the molecule is CN(CCc1ccccc1)C(=O)c1nc[nH]c1C(=O)O. The summed E-state index contributed by atoms with van der Waals surface area (Å²) in [6.45, 7) is 0.495. The van der Waals surface area contributed by atoms with Gasteiger partial charge in [-0.2, -0.15) is 0 Å². The van der Waals surface area contributed by atoms with Gasteiger partial charge in [0.25, 0.3) is 5.91 Å². The highest BCUT2D eigenvalue weighted by Gasteiger charge is 2.22. The Labute approximate surface area is 116 Å². The number of carbonyl (C=O) groups excluding carboxylic acids is 1. The Balaban J connectivity index is 2.02. The van der Waals surface area contributed by atoms with E-state index in [4.69, 9.17) is 5.11 Å². The normalized spacial score (nSPS) is 10.2. The third kappa shape index (κ3) is 3.03. The molecular weight excluding hydrogens is 258 g/mol. The Kier molecular flexibility index (Phi) is 4.14. The van der Waals surface area contributed by atoms with Crippen LogP contribution in [0.2, 0.25) is 0 Å². The molecule has 1 heterocycles. The first-order valence-corrected chi connectivity index (χ1v) is 6.15. The van der Waals surface area contributed by atoms with Gasteiger partial charge in [-0.1, -0.05) is 30.3 Å². The number of nitrogens with one attached hydrogen (secondary N) is 1. The molecule has 6 nitrogen and oxygen atoms in total. The number of amides is 1. The van der Waals surface area contributed by atoms with E-state index >= 15 is 0 Å². The minimum absolute atomic E-state index is 0.0620. The predicted octanol–water partition coefficient (Wildman–Crippen LogP) is 1.42. The van der Waals surface area contributed by atoms with Gasteiger partial charge in [0.2, 0.25) is 0 Å². The second kappa shape index (κ2) is 6.01. The van der Waals surface area contributed by atoms with Crippen molar-refractivity contribution in [3.8, 4) is 0 Å². The molecule has 1 aromatic carbocycles. The van der Waals surface area contributed by atoms with Crippen LogP contribution < -0.4 is 0 Å². The molecular formula is C14H15N3O3. The van der Waals surface area contributed by atoms with Crippen molar-refractivity contribution >= 4 is 11.9 Å². The second-order valence-corrected chi connectivity index (χ2v) is 4.39. The molecule has 6 heteroatoms. The zero-order valence-corrected chi connectivity index (χ0v) is 11.0. The highest BCUT2D eigenvalue weighted by molar-refractivity contribution is 6.02. The van der Waals surface area contributed by atoms with Crippen LogP contribution in [-0.4, -0.2) is 45.4 Å². The van der Waals surface area contributed by atoms with Gasteiger partial charge in [-0.15, -0.1) is 0 Å². The van der Waals surface area contributed by atoms with Gasteiger partial charge in [0.1, 0.15) is 0 Å². The number of aromatic carboxylic acids is 1. The number of benzene rings is 1. The van der Waals surface area contributed by atoms with Crippen molar-refractivity contribution < 1.29 is 14.7 Å². The molecule has 2 aromatic rings. The molecule has 1 aromatic heterocycles. The number of aromatic nitrogens is 2. The number of rotatable bonds is 5. The zero-order chi connectivity index (χ0) is 14.5. The highest BCUT2D eigenvalue weighted by atomic mass is 16.4. The standard InChI is InChI=1S/C14H15N3O3/c1-17(8-7-10-5-3-2-4-6-10)13(18)11-12(14(19)20)16-9-15-11/h2-6,9H,7-8H2,1H3,(H,15,16)(H,19,20). The fourth-order valence-electron chi connectivity index (χ4n) is 1.84. The van der Waals surface area contributed by atoms with Crippen LogP contribution in [0.15, 0.2) is 36.7 Å². The molecule has 0 spiro atoms. The number of hydrogen-bond donors (Lipinski definition) is 2. The summed E-state index contributed by atoms with van der Waals surface area (Å²) in [5.74, 6) is -1.60. The summed E-state index contributed by atoms with van der Waals surface area (Å²) in [6, 6.07) is 9.77. The van der Waals surface area contributed by atoms with Crippen LogP contribution in [0.5, 0.6) is 0 Å². The maximum absolute atomic E-state index is 12.1. The molecule has 0 aliphatic rings. The minimum Gasteiger partial charge on any atom is -0.477 e. The Morgan fingerprint density at radius 1 is 1.30 bits per heavy atom. The number of carboxylic acids is 1. The van der Waals surface area contributed by atoms with Crippen molar-refractivity contribution in [1.82, 2.24) is 14.9 Å². The number of H-pyrrole nitrogens is 1. The number of imidazole rings is 1. The van der Waals surface area contributed by atoms with Crippen molar-refractivity contribution in [2.24, 2.45) is 0 Å². The van der Waals surface area contributed by atoms with Crippen LogP contribution in [0.4, 0.5) is 0 Å². The van der Waals surface area contributed by atoms with Gasteiger partial charge in [-0.25, -0.2) is 9.78 Å². The Hall–Kier alpha value is -2.63. The van der Waals surface area contributed by atoms with E-state index in [9.17, 15) is 9.59 Å². The molecule has 0 aliphatic heterocycles. The average Bonchev–Trinajstić information content (AvgIpc) is 2.94. The van der Waals surface area contributed by atoms with Gasteiger partial charge >= 0.3 is 5.97 Å².